The molecule has 0 atom stereocenters. The van der Waals surface area contributed by atoms with Crippen molar-refractivity contribution in [2.24, 2.45) is 0 Å². The predicted molar refractivity (Wildman–Crippen MR) is 38.4 cm³/mol. The van der Waals surface area contributed by atoms with Gasteiger partial charge in [-0.3, -0.25) is 0 Å². The SMILES string of the molecule is CC(C)NCc1cn[nH]n1. The fourth-order valence-electron chi connectivity index (χ4n) is 0.619. The molecule has 0 aliphatic rings. The van der Waals surface area contributed by atoms with E-state index in [4.69, 9.17) is 0 Å². The highest BCUT2D eigenvalue weighted by Gasteiger charge is 1.95. The van der Waals surface area contributed by atoms with E-state index in [1.807, 2.05) is 0 Å². The van der Waals surface area contributed by atoms with Crippen LogP contribution < -0.4 is 5.32 Å². The van der Waals surface area contributed by atoms with Gasteiger partial charge in [-0.25, -0.2) is 0 Å². The van der Waals surface area contributed by atoms with Crippen molar-refractivity contribution in [2.45, 2.75) is 26.4 Å². The Morgan fingerprint density at radius 2 is 2.50 bits per heavy atom. The van der Waals surface area contributed by atoms with Crippen LogP contribution in [-0.4, -0.2) is 21.5 Å². The third kappa shape index (κ3) is 2.14. The van der Waals surface area contributed by atoms with Gasteiger partial charge in [0.2, 0.25) is 0 Å². The third-order valence-electron chi connectivity index (χ3n) is 1.16. The number of hydrogen-bond acceptors (Lipinski definition) is 3. The van der Waals surface area contributed by atoms with Gasteiger partial charge in [-0.15, -0.1) is 0 Å². The van der Waals surface area contributed by atoms with E-state index in [0.29, 0.717) is 6.04 Å². The lowest BCUT2D eigenvalue weighted by molar-refractivity contribution is 0.580. The van der Waals surface area contributed by atoms with E-state index in [0.717, 1.165) is 12.2 Å². The molecule has 0 unspecified atom stereocenters. The van der Waals surface area contributed by atoms with Gasteiger partial charge in [0.25, 0.3) is 0 Å². The normalized spacial score (nSPS) is 10.7. The first-order chi connectivity index (χ1) is 4.79. The third-order valence-corrected chi connectivity index (χ3v) is 1.16. The molecule has 0 fully saturated rings. The molecule has 0 saturated heterocycles. The van der Waals surface area contributed by atoms with E-state index >= 15 is 0 Å². The van der Waals surface area contributed by atoms with Crippen molar-refractivity contribution in [3.8, 4) is 0 Å². The van der Waals surface area contributed by atoms with Gasteiger partial charge >= 0.3 is 0 Å². The second-order valence-electron chi connectivity index (χ2n) is 2.50. The second kappa shape index (κ2) is 3.31. The molecule has 0 radical (unpaired) electrons. The largest absolute Gasteiger partial charge is 0.309 e. The average molecular weight is 140 g/mol. The van der Waals surface area contributed by atoms with Crippen LogP contribution in [0.1, 0.15) is 19.5 Å². The maximum absolute atomic E-state index is 3.89. The van der Waals surface area contributed by atoms with Gasteiger partial charge < -0.3 is 5.32 Å². The van der Waals surface area contributed by atoms with Gasteiger partial charge in [0.15, 0.2) is 0 Å². The average Bonchev–Trinajstić information content (AvgIpc) is 2.34. The minimum Gasteiger partial charge on any atom is -0.309 e. The van der Waals surface area contributed by atoms with Crippen LogP contribution in [0.3, 0.4) is 0 Å². The lowest BCUT2D eigenvalue weighted by atomic mass is 10.4. The minimum absolute atomic E-state index is 0.497. The lowest BCUT2D eigenvalue weighted by Gasteiger charge is -2.03. The van der Waals surface area contributed by atoms with Gasteiger partial charge in [-0.05, 0) is 0 Å². The number of nitrogens with zero attached hydrogens (tertiary/aromatic N) is 2. The summed E-state index contributed by atoms with van der Waals surface area (Å²) in [5.41, 5.74) is 0.953. The Kier molecular flexibility index (Phi) is 2.39. The molecule has 1 rings (SSSR count). The van der Waals surface area contributed by atoms with Gasteiger partial charge in [0.1, 0.15) is 0 Å². The molecule has 4 nitrogen and oxygen atoms in total. The highest BCUT2D eigenvalue weighted by molar-refractivity contribution is 4.89. The zero-order chi connectivity index (χ0) is 7.40. The molecule has 1 heterocycles. The van der Waals surface area contributed by atoms with Crippen molar-refractivity contribution in [3.05, 3.63) is 11.9 Å². The number of H-pyrrole nitrogens is 1. The summed E-state index contributed by atoms with van der Waals surface area (Å²) in [6.45, 7) is 4.98. The summed E-state index contributed by atoms with van der Waals surface area (Å²) >= 11 is 0. The summed E-state index contributed by atoms with van der Waals surface area (Å²) in [6, 6.07) is 0.497. The maximum atomic E-state index is 3.89. The molecule has 0 bridgehead atoms. The molecule has 0 amide bonds. The van der Waals surface area contributed by atoms with Crippen LogP contribution in [0.25, 0.3) is 0 Å². The van der Waals surface area contributed by atoms with E-state index in [1.54, 1.807) is 6.20 Å². The van der Waals surface area contributed by atoms with Gasteiger partial charge in [-0.1, -0.05) is 13.8 Å². The van der Waals surface area contributed by atoms with Crippen molar-refractivity contribution < 1.29 is 0 Å². The van der Waals surface area contributed by atoms with Crippen LogP contribution in [0.15, 0.2) is 6.20 Å². The van der Waals surface area contributed by atoms with E-state index in [-0.39, 0.29) is 0 Å². The zero-order valence-corrected chi connectivity index (χ0v) is 6.26. The van der Waals surface area contributed by atoms with Crippen molar-refractivity contribution >= 4 is 0 Å². The maximum Gasteiger partial charge on any atom is 0.0962 e. The molecular weight excluding hydrogens is 128 g/mol. The van der Waals surface area contributed by atoms with E-state index in [2.05, 4.69) is 34.6 Å². The standard InChI is InChI=1S/C6H12N4/c1-5(2)7-3-6-4-8-10-9-6/h4-5,7H,3H2,1-2H3,(H,8,9,10). The Balaban J connectivity index is 2.28. The number of hydrogen-bond donors (Lipinski definition) is 2. The van der Waals surface area contributed by atoms with Crippen LogP contribution in [-0.2, 0) is 6.54 Å². The number of aromatic amines is 1. The van der Waals surface area contributed by atoms with Crippen LogP contribution in [0.2, 0.25) is 0 Å². The van der Waals surface area contributed by atoms with Crippen molar-refractivity contribution in [1.29, 1.82) is 0 Å². The summed E-state index contributed by atoms with van der Waals surface area (Å²) in [7, 11) is 0. The first-order valence-corrected chi connectivity index (χ1v) is 3.37. The van der Waals surface area contributed by atoms with E-state index in [1.165, 1.54) is 0 Å². The molecule has 0 aliphatic heterocycles. The van der Waals surface area contributed by atoms with E-state index < -0.39 is 0 Å². The molecule has 0 aliphatic carbocycles. The van der Waals surface area contributed by atoms with Gasteiger partial charge in [-0.2, -0.15) is 15.4 Å². The highest BCUT2D eigenvalue weighted by Crippen LogP contribution is 1.87. The molecule has 0 spiro atoms. The van der Waals surface area contributed by atoms with Crippen LogP contribution >= 0.6 is 0 Å². The van der Waals surface area contributed by atoms with Crippen LogP contribution in [0.5, 0.6) is 0 Å². The summed E-state index contributed by atoms with van der Waals surface area (Å²) in [4.78, 5) is 0. The molecule has 2 N–H and O–H groups in total. The molecule has 56 valence electrons. The Morgan fingerprint density at radius 1 is 1.70 bits per heavy atom. The number of nitrogens with one attached hydrogen (secondary N) is 2. The molecule has 1 aromatic heterocycles. The fourth-order valence-corrected chi connectivity index (χ4v) is 0.619. The Morgan fingerprint density at radius 3 is 3.00 bits per heavy atom. The minimum atomic E-state index is 0.497. The predicted octanol–water partition coefficient (Wildman–Crippen LogP) is 0.303. The highest BCUT2D eigenvalue weighted by atomic mass is 15.3. The van der Waals surface area contributed by atoms with Gasteiger partial charge in [0, 0.05) is 12.6 Å². The van der Waals surface area contributed by atoms with Crippen LogP contribution in [0, 0.1) is 0 Å². The van der Waals surface area contributed by atoms with Gasteiger partial charge in [0.05, 0.1) is 11.9 Å². The lowest BCUT2D eigenvalue weighted by Crippen LogP contribution is -2.21. The summed E-state index contributed by atoms with van der Waals surface area (Å²) in [6.07, 6.45) is 1.72. The fraction of sp³-hybridized carbons (Fsp3) is 0.667. The number of aromatic nitrogens is 3. The summed E-state index contributed by atoms with van der Waals surface area (Å²) in [5.74, 6) is 0. The van der Waals surface area contributed by atoms with Crippen LogP contribution in [0.4, 0.5) is 0 Å². The van der Waals surface area contributed by atoms with E-state index in [9.17, 15) is 0 Å². The molecule has 0 saturated carbocycles. The molecule has 4 heteroatoms. The molecule has 1 aromatic rings. The quantitative estimate of drug-likeness (QED) is 0.635. The monoisotopic (exact) mass is 140 g/mol. The van der Waals surface area contributed by atoms with Crippen molar-refractivity contribution in [3.63, 3.8) is 0 Å². The van der Waals surface area contributed by atoms with Crippen molar-refractivity contribution in [1.82, 2.24) is 20.7 Å². The first-order valence-electron chi connectivity index (χ1n) is 3.37. The first kappa shape index (κ1) is 7.21. The Labute approximate surface area is 60.0 Å². The summed E-state index contributed by atoms with van der Waals surface area (Å²) < 4.78 is 0. The molecule has 0 aromatic carbocycles. The smallest absolute Gasteiger partial charge is 0.0962 e. The Bertz CT molecular complexity index is 168. The van der Waals surface area contributed by atoms with Crippen molar-refractivity contribution in [2.75, 3.05) is 0 Å². The topological polar surface area (TPSA) is 53.6 Å². The number of rotatable bonds is 3. The zero-order valence-electron chi connectivity index (χ0n) is 6.26. The molecular formula is C6H12N4. The Hall–Kier alpha value is -0.900. The molecule has 10 heavy (non-hydrogen) atoms. The second-order valence-corrected chi connectivity index (χ2v) is 2.50. The summed E-state index contributed by atoms with van der Waals surface area (Å²) in [5, 5.41) is 13.4.